The van der Waals surface area contributed by atoms with E-state index in [0.29, 0.717) is 69.7 Å². The zero-order valence-electron chi connectivity index (χ0n) is 22.6. The number of fused-ring (bicyclic) bond motifs is 5. The lowest BCUT2D eigenvalue weighted by Crippen LogP contribution is -2.62. The molecule has 3 N–H and O–H groups in total. The molecule has 5 aromatic rings. The van der Waals surface area contributed by atoms with Gasteiger partial charge in [0.05, 0.1) is 33.1 Å². The number of piperidine rings is 1. The number of pyridine rings is 3. The number of hydrogen-bond donors (Lipinski definition) is 3. The Morgan fingerprint density at radius 1 is 1.15 bits per heavy atom. The number of carbonyl (C=O) groups is 1. The van der Waals surface area contributed by atoms with Crippen molar-refractivity contribution in [2.75, 3.05) is 43.9 Å². The number of aryl methyl sites for hydroxylation is 1. The van der Waals surface area contributed by atoms with E-state index in [0.717, 1.165) is 19.0 Å². The lowest BCUT2D eigenvalue weighted by molar-refractivity contribution is 0.0281. The molecule has 0 bridgehead atoms. The fourth-order valence-corrected chi connectivity index (χ4v) is 6.61. The van der Waals surface area contributed by atoms with Crippen LogP contribution in [0.4, 0.5) is 20.2 Å². The predicted molar refractivity (Wildman–Crippen MR) is 153 cm³/mol. The summed E-state index contributed by atoms with van der Waals surface area (Å²) in [7, 11) is 5.35. The first-order chi connectivity index (χ1) is 19.7. The maximum atomic E-state index is 15.6. The molecular weight excluding hydrogens is 532 g/mol. The fourth-order valence-electron chi connectivity index (χ4n) is 6.61. The lowest BCUT2D eigenvalue weighted by atomic mass is 9.82. The van der Waals surface area contributed by atoms with Gasteiger partial charge in [-0.2, -0.15) is 0 Å². The molecule has 0 amide bonds. The van der Waals surface area contributed by atoms with Crippen molar-refractivity contribution < 1.29 is 18.7 Å². The Morgan fingerprint density at radius 2 is 1.95 bits per heavy atom. The van der Waals surface area contributed by atoms with Crippen LogP contribution in [0.15, 0.2) is 35.5 Å². The average molecular weight is 560 g/mol. The molecule has 7 rings (SSSR count). The van der Waals surface area contributed by atoms with Crippen molar-refractivity contribution in [1.29, 1.82) is 0 Å². The van der Waals surface area contributed by atoms with Gasteiger partial charge in [0, 0.05) is 75.6 Å². The number of benzene rings is 1. The summed E-state index contributed by atoms with van der Waals surface area (Å²) < 4.78 is 32.0. The Kier molecular flexibility index (Phi) is 5.55. The Bertz CT molecular complexity index is 1990. The quantitative estimate of drug-likeness (QED) is 0.304. The number of halogens is 2. The minimum atomic E-state index is -1.33. The van der Waals surface area contributed by atoms with E-state index in [1.54, 1.807) is 32.6 Å². The van der Waals surface area contributed by atoms with Gasteiger partial charge in [-0.25, -0.2) is 23.5 Å². The Hall–Kier alpha value is -4.58. The standard InChI is InChI=1S/C29H27F2N7O3/c1-32-19-7-18(30)23(31)21-22-25(38-5-4-13-10-36(2)20(13)12-38)16(9-33-27(22)35-24(19)21)14-6-15-26(39)17(29(40)41)11-37(3)28(15)34-8-14/h6-9,11,13,20,32H,4-5,10,12H2,1-3H3,(H,33,35)(H,40,41). The molecule has 4 aromatic heterocycles. The Labute approximate surface area is 232 Å². The maximum absolute atomic E-state index is 15.6. The molecule has 2 aliphatic rings. The number of hydrogen-bond acceptors (Lipinski definition) is 7. The predicted octanol–water partition coefficient (Wildman–Crippen LogP) is 3.79. The highest BCUT2D eigenvalue weighted by Gasteiger charge is 2.41. The van der Waals surface area contributed by atoms with Crippen molar-refractivity contribution in [2.45, 2.75) is 12.5 Å². The molecule has 10 nitrogen and oxygen atoms in total. The molecule has 2 unspecified atom stereocenters. The van der Waals surface area contributed by atoms with E-state index in [-0.39, 0.29) is 16.3 Å². The van der Waals surface area contributed by atoms with E-state index in [2.05, 4.69) is 37.1 Å². The zero-order valence-corrected chi connectivity index (χ0v) is 22.6. The van der Waals surface area contributed by atoms with Crippen molar-refractivity contribution in [3.05, 3.63) is 58.1 Å². The molecule has 2 aliphatic heterocycles. The van der Waals surface area contributed by atoms with Crippen molar-refractivity contribution in [3.8, 4) is 11.1 Å². The van der Waals surface area contributed by atoms with Crippen LogP contribution in [0.3, 0.4) is 0 Å². The molecule has 12 heteroatoms. The first-order valence-electron chi connectivity index (χ1n) is 13.4. The monoisotopic (exact) mass is 559 g/mol. The van der Waals surface area contributed by atoms with Crippen LogP contribution in [-0.2, 0) is 7.05 Å². The number of likely N-dealkylation sites (tertiary alicyclic amines) is 1. The Balaban J connectivity index is 1.55. The van der Waals surface area contributed by atoms with Crippen LogP contribution in [0.25, 0.3) is 44.1 Å². The molecule has 2 atom stereocenters. The van der Waals surface area contributed by atoms with Gasteiger partial charge in [-0.3, -0.25) is 4.79 Å². The molecule has 0 saturated carbocycles. The molecule has 2 fully saturated rings. The molecule has 1 aromatic carbocycles. The molecular formula is C29H27F2N7O3. The summed E-state index contributed by atoms with van der Waals surface area (Å²) in [6.07, 6.45) is 5.44. The number of aromatic amines is 1. The van der Waals surface area contributed by atoms with Crippen molar-refractivity contribution in [1.82, 2.24) is 24.4 Å². The van der Waals surface area contributed by atoms with Gasteiger partial charge in [0.25, 0.3) is 0 Å². The third-order valence-electron chi connectivity index (χ3n) is 8.71. The number of anilines is 2. The summed E-state index contributed by atoms with van der Waals surface area (Å²) in [6.45, 7) is 2.41. The molecule has 6 heterocycles. The summed E-state index contributed by atoms with van der Waals surface area (Å²) >= 11 is 0. The van der Waals surface area contributed by atoms with Crippen LogP contribution in [0, 0.1) is 17.6 Å². The van der Waals surface area contributed by atoms with E-state index in [1.807, 2.05) is 0 Å². The van der Waals surface area contributed by atoms with E-state index in [1.165, 1.54) is 10.8 Å². The van der Waals surface area contributed by atoms with Crippen LogP contribution >= 0.6 is 0 Å². The maximum Gasteiger partial charge on any atom is 0.341 e. The number of aromatic carboxylic acids is 1. The number of carboxylic acids is 1. The van der Waals surface area contributed by atoms with Gasteiger partial charge in [0.1, 0.15) is 16.9 Å². The van der Waals surface area contributed by atoms with Crippen LogP contribution in [0.5, 0.6) is 0 Å². The Morgan fingerprint density at radius 3 is 2.68 bits per heavy atom. The highest BCUT2D eigenvalue weighted by atomic mass is 19.2. The lowest BCUT2D eigenvalue weighted by Gasteiger charge is -2.52. The zero-order chi connectivity index (χ0) is 28.7. The van der Waals surface area contributed by atoms with Crippen molar-refractivity contribution in [3.63, 3.8) is 0 Å². The fraction of sp³-hybridized carbons (Fsp3) is 0.310. The van der Waals surface area contributed by atoms with E-state index < -0.39 is 23.0 Å². The normalized spacial score (nSPS) is 19.1. The molecule has 0 aliphatic carbocycles. The third-order valence-corrected chi connectivity index (χ3v) is 8.71. The second kappa shape index (κ2) is 8.96. The molecule has 0 spiro atoms. The SMILES string of the molecule is CNc1cc(F)c(F)c2c1[nH]c1ncc(-c3cnc4c(c3)c(=O)c(C(=O)O)cn4C)c(N3CCC4CN(C)C4C3)c12. The summed E-state index contributed by atoms with van der Waals surface area (Å²) in [5.41, 5.74) is 2.30. The second-order valence-electron chi connectivity index (χ2n) is 11.0. The number of nitrogens with zero attached hydrogens (tertiary/aromatic N) is 5. The molecule has 210 valence electrons. The van der Waals surface area contributed by atoms with Crippen LogP contribution < -0.4 is 15.6 Å². The first kappa shape index (κ1) is 25.4. The minimum absolute atomic E-state index is 0.0932. The molecule has 2 saturated heterocycles. The molecule has 41 heavy (non-hydrogen) atoms. The number of rotatable bonds is 4. The summed E-state index contributed by atoms with van der Waals surface area (Å²) in [5.74, 6) is -2.71. The summed E-state index contributed by atoms with van der Waals surface area (Å²) in [5, 5.41) is 13.2. The number of carboxylic acid groups (broad SMARTS) is 1. The second-order valence-corrected chi connectivity index (χ2v) is 11.0. The first-order valence-corrected chi connectivity index (χ1v) is 13.4. The smallest absolute Gasteiger partial charge is 0.341 e. The van der Waals surface area contributed by atoms with Gasteiger partial charge in [-0.05, 0) is 25.5 Å². The number of H-pyrrole nitrogens is 1. The average Bonchev–Trinajstić information content (AvgIpc) is 3.35. The van der Waals surface area contributed by atoms with Crippen molar-refractivity contribution in [2.24, 2.45) is 13.0 Å². The van der Waals surface area contributed by atoms with Gasteiger partial charge in [-0.15, -0.1) is 0 Å². The van der Waals surface area contributed by atoms with Crippen molar-refractivity contribution >= 4 is 50.3 Å². The van der Waals surface area contributed by atoms with E-state index >= 15 is 4.39 Å². The summed E-state index contributed by atoms with van der Waals surface area (Å²) in [6, 6.07) is 3.04. The molecule has 0 radical (unpaired) electrons. The minimum Gasteiger partial charge on any atom is -0.477 e. The van der Waals surface area contributed by atoms with Gasteiger partial charge >= 0.3 is 5.97 Å². The third kappa shape index (κ3) is 3.63. The van der Waals surface area contributed by atoms with Gasteiger partial charge in [0.15, 0.2) is 11.6 Å². The number of likely N-dealkylation sites (N-methyl/N-ethyl adjacent to an activating group) is 1. The van der Waals surface area contributed by atoms with Gasteiger partial charge < -0.3 is 29.8 Å². The number of aromatic nitrogens is 4. The number of nitrogens with one attached hydrogen (secondary N) is 2. The van der Waals surface area contributed by atoms with Crippen LogP contribution in [-0.4, -0.2) is 75.3 Å². The van der Waals surface area contributed by atoms with Crippen LogP contribution in [0.2, 0.25) is 0 Å². The summed E-state index contributed by atoms with van der Waals surface area (Å²) in [4.78, 5) is 41.7. The van der Waals surface area contributed by atoms with Gasteiger partial charge in [0.2, 0.25) is 5.43 Å². The topological polar surface area (TPSA) is 119 Å². The van der Waals surface area contributed by atoms with Crippen LogP contribution in [0.1, 0.15) is 16.8 Å². The van der Waals surface area contributed by atoms with E-state index in [9.17, 15) is 19.1 Å². The highest BCUT2D eigenvalue weighted by Crippen LogP contribution is 2.45. The largest absolute Gasteiger partial charge is 0.477 e. The van der Waals surface area contributed by atoms with Gasteiger partial charge in [-0.1, -0.05) is 0 Å². The van der Waals surface area contributed by atoms with E-state index in [4.69, 9.17) is 0 Å². The highest BCUT2D eigenvalue weighted by molar-refractivity contribution is 6.18.